The monoisotopic (exact) mass is 368 g/mol. The lowest BCUT2D eigenvalue weighted by molar-refractivity contribution is -0.121. The summed E-state index contributed by atoms with van der Waals surface area (Å²) in [7, 11) is 0. The molecule has 0 aliphatic rings. The molecular weight excluding hydrogens is 348 g/mol. The number of aromatic amines is 1. The number of nitrogens with one attached hydrogen (secondary N) is 2. The number of hydrogen-bond donors (Lipinski definition) is 2. The minimum Gasteiger partial charge on any atom is -0.459 e. The van der Waals surface area contributed by atoms with E-state index in [1.807, 2.05) is 24.5 Å². The van der Waals surface area contributed by atoms with Crippen molar-refractivity contribution in [1.29, 1.82) is 0 Å². The molecular formula is C18H20N6O3. The van der Waals surface area contributed by atoms with Gasteiger partial charge < -0.3 is 19.3 Å². The Bertz CT molecular complexity index is 1170. The van der Waals surface area contributed by atoms with E-state index in [9.17, 15) is 9.59 Å². The smallest absolute Gasteiger partial charge is 0.291 e. The Hall–Kier alpha value is -3.36. The molecule has 140 valence electrons. The summed E-state index contributed by atoms with van der Waals surface area (Å²) in [6.07, 6.45) is 5.53. The Morgan fingerprint density at radius 3 is 2.96 bits per heavy atom. The molecule has 9 nitrogen and oxygen atoms in total. The number of aromatic nitrogens is 5. The number of rotatable bonds is 6. The average Bonchev–Trinajstić information content (AvgIpc) is 3.33. The van der Waals surface area contributed by atoms with Gasteiger partial charge in [0.2, 0.25) is 5.91 Å². The fraction of sp³-hybridized carbons (Fsp3) is 0.333. The zero-order valence-electron chi connectivity index (χ0n) is 15.2. The third kappa shape index (κ3) is 3.01. The molecule has 0 unspecified atom stereocenters. The van der Waals surface area contributed by atoms with E-state index in [0.717, 1.165) is 17.0 Å². The van der Waals surface area contributed by atoms with Gasteiger partial charge in [-0.2, -0.15) is 5.10 Å². The highest BCUT2D eigenvalue weighted by Gasteiger charge is 2.19. The van der Waals surface area contributed by atoms with E-state index in [4.69, 9.17) is 4.42 Å². The fourth-order valence-electron chi connectivity index (χ4n) is 3.31. The SMILES string of the molecule is CCn1c2cc(C)oc2c2cnn(CC(=O)NCCc3cnc[nH]3)c(=O)c21. The van der Waals surface area contributed by atoms with Crippen molar-refractivity contribution in [3.63, 3.8) is 0 Å². The van der Waals surface area contributed by atoms with Crippen LogP contribution in [0, 0.1) is 6.92 Å². The average molecular weight is 368 g/mol. The predicted octanol–water partition coefficient (Wildman–Crippen LogP) is 1.35. The highest BCUT2D eigenvalue weighted by Crippen LogP contribution is 2.29. The Kier molecular flexibility index (Phi) is 4.27. The first-order valence-electron chi connectivity index (χ1n) is 8.81. The molecule has 4 aromatic rings. The summed E-state index contributed by atoms with van der Waals surface area (Å²) in [5, 5.41) is 7.62. The van der Waals surface area contributed by atoms with Crippen molar-refractivity contribution in [2.24, 2.45) is 0 Å². The number of aryl methyl sites for hydroxylation is 2. The summed E-state index contributed by atoms with van der Waals surface area (Å²) in [6.45, 7) is 4.78. The summed E-state index contributed by atoms with van der Waals surface area (Å²) in [5.74, 6) is 0.516. The van der Waals surface area contributed by atoms with Crippen LogP contribution in [-0.2, 0) is 24.3 Å². The van der Waals surface area contributed by atoms with Gasteiger partial charge in [0.05, 0.1) is 23.4 Å². The largest absolute Gasteiger partial charge is 0.459 e. The first-order chi connectivity index (χ1) is 13.1. The van der Waals surface area contributed by atoms with E-state index in [1.54, 1.807) is 18.7 Å². The Morgan fingerprint density at radius 1 is 1.37 bits per heavy atom. The summed E-state index contributed by atoms with van der Waals surface area (Å²) < 4.78 is 8.82. The van der Waals surface area contributed by atoms with Crippen LogP contribution in [0.3, 0.4) is 0 Å². The third-order valence-corrected chi connectivity index (χ3v) is 4.54. The maximum atomic E-state index is 12.9. The Labute approximate surface area is 154 Å². The van der Waals surface area contributed by atoms with E-state index in [1.165, 1.54) is 4.68 Å². The summed E-state index contributed by atoms with van der Waals surface area (Å²) in [5.41, 5.74) is 2.66. The van der Waals surface area contributed by atoms with Crippen LogP contribution >= 0.6 is 0 Å². The van der Waals surface area contributed by atoms with Crippen molar-refractivity contribution in [2.75, 3.05) is 6.54 Å². The molecule has 0 fully saturated rings. The molecule has 1 amide bonds. The van der Waals surface area contributed by atoms with Gasteiger partial charge in [-0.1, -0.05) is 0 Å². The number of amides is 1. The van der Waals surface area contributed by atoms with Gasteiger partial charge in [0.1, 0.15) is 17.8 Å². The molecule has 4 aromatic heterocycles. The highest BCUT2D eigenvalue weighted by molar-refractivity contribution is 6.04. The van der Waals surface area contributed by atoms with Crippen molar-refractivity contribution in [3.05, 3.63) is 46.6 Å². The van der Waals surface area contributed by atoms with Crippen molar-refractivity contribution >= 4 is 27.9 Å². The number of imidazole rings is 1. The van der Waals surface area contributed by atoms with Crippen LogP contribution in [-0.4, -0.2) is 36.8 Å². The number of carbonyl (C=O) groups is 1. The van der Waals surface area contributed by atoms with Crippen LogP contribution in [0.5, 0.6) is 0 Å². The molecule has 2 N–H and O–H groups in total. The minimum absolute atomic E-state index is 0.132. The molecule has 0 atom stereocenters. The summed E-state index contributed by atoms with van der Waals surface area (Å²) in [6, 6.07) is 1.91. The highest BCUT2D eigenvalue weighted by atomic mass is 16.3. The molecule has 0 bridgehead atoms. The van der Waals surface area contributed by atoms with Gasteiger partial charge in [-0.3, -0.25) is 9.59 Å². The van der Waals surface area contributed by atoms with Gasteiger partial charge in [0.25, 0.3) is 5.56 Å². The van der Waals surface area contributed by atoms with Crippen LogP contribution < -0.4 is 10.9 Å². The second-order valence-electron chi connectivity index (χ2n) is 6.36. The Balaban J connectivity index is 1.58. The molecule has 0 spiro atoms. The van der Waals surface area contributed by atoms with Crippen molar-refractivity contribution in [2.45, 2.75) is 33.4 Å². The van der Waals surface area contributed by atoms with Gasteiger partial charge in [-0.25, -0.2) is 9.67 Å². The summed E-state index contributed by atoms with van der Waals surface area (Å²) in [4.78, 5) is 32.0. The standard InChI is InChI=1S/C18H20N6O3/c1-3-23-14-6-11(2)27-17(14)13-8-22-24(18(26)16(13)23)9-15(25)20-5-4-12-7-19-10-21-12/h6-8,10H,3-5,9H2,1-2H3,(H,19,21)(H,20,25). The minimum atomic E-state index is -0.304. The predicted molar refractivity (Wildman–Crippen MR) is 99.5 cm³/mol. The number of fused-ring (bicyclic) bond motifs is 3. The van der Waals surface area contributed by atoms with Gasteiger partial charge >= 0.3 is 0 Å². The first kappa shape index (κ1) is 17.1. The second-order valence-corrected chi connectivity index (χ2v) is 6.36. The van der Waals surface area contributed by atoms with Crippen LogP contribution in [0.15, 0.2) is 34.0 Å². The van der Waals surface area contributed by atoms with E-state index in [-0.39, 0.29) is 18.0 Å². The molecule has 0 aliphatic carbocycles. The van der Waals surface area contributed by atoms with E-state index < -0.39 is 0 Å². The van der Waals surface area contributed by atoms with Crippen molar-refractivity contribution in [3.8, 4) is 0 Å². The third-order valence-electron chi connectivity index (χ3n) is 4.54. The second kappa shape index (κ2) is 6.75. The normalized spacial score (nSPS) is 11.5. The van der Waals surface area contributed by atoms with Gasteiger partial charge in [-0.15, -0.1) is 0 Å². The quantitative estimate of drug-likeness (QED) is 0.534. The topological polar surface area (TPSA) is 111 Å². The van der Waals surface area contributed by atoms with Crippen LogP contribution in [0.1, 0.15) is 18.4 Å². The first-order valence-corrected chi connectivity index (χ1v) is 8.81. The number of nitrogens with zero attached hydrogens (tertiary/aromatic N) is 4. The van der Waals surface area contributed by atoms with E-state index in [0.29, 0.717) is 36.0 Å². The fourth-order valence-corrected chi connectivity index (χ4v) is 3.31. The van der Waals surface area contributed by atoms with Crippen molar-refractivity contribution in [1.82, 2.24) is 29.6 Å². The van der Waals surface area contributed by atoms with Crippen LogP contribution in [0.25, 0.3) is 22.0 Å². The molecule has 4 rings (SSSR count). The van der Waals surface area contributed by atoms with Crippen LogP contribution in [0.2, 0.25) is 0 Å². The maximum absolute atomic E-state index is 12.9. The van der Waals surface area contributed by atoms with Crippen LogP contribution in [0.4, 0.5) is 0 Å². The van der Waals surface area contributed by atoms with E-state index in [2.05, 4.69) is 20.4 Å². The lowest BCUT2D eigenvalue weighted by Gasteiger charge is -2.07. The number of carbonyl (C=O) groups excluding carboxylic acids is 1. The lowest BCUT2D eigenvalue weighted by Crippen LogP contribution is -2.35. The van der Waals surface area contributed by atoms with Crippen molar-refractivity contribution < 1.29 is 9.21 Å². The molecule has 0 aromatic carbocycles. The summed E-state index contributed by atoms with van der Waals surface area (Å²) >= 11 is 0. The number of furan rings is 1. The van der Waals surface area contributed by atoms with Gasteiger partial charge in [-0.05, 0) is 13.8 Å². The molecule has 9 heteroatoms. The maximum Gasteiger partial charge on any atom is 0.291 e. The molecule has 0 saturated heterocycles. The Morgan fingerprint density at radius 2 is 2.22 bits per heavy atom. The van der Waals surface area contributed by atoms with E-state index >= 15 is 0 Å². The molecule has 0 radical (unpaired) electrons. The number of H-pyrrole nitrogens is 1. The number of hydrogen-bond acceptors (Lipinski definition) is 5. The molecule has 27 heavy (non-hydrogen) atoms. The zero-order valence-corrected chi connectivity index (χ0v) is 15.2. The van der Waals surface area contributed by atoms with Gasteiger partial charge in [0.15, 0.2) is 5.58 Å². The lowest BCUT2D eigenvalue weighted by atomic mass is 10.3. The van der Waals surface area contributed by atoms with Gasteiger partial charge in [0, 0.05) is 37.5 Å². The molecule has 0 saturated carbocycles. The zero-order chi connectivity index (χ0) is 19.0. The molecule has 4 heterocycles. The molecule has 0 aliphatic heterocycles.